The van der Waals surface area contributed by atoms with Crippen LogP contribution in [0.1, 0.15) is 47.1 Å². The molecular formula is C17H24F3IN2Si. The van der Waals surface area contributed by atoms with Crippen LogP contribution >= 0.6 is 22.6 Å². The van der Waals surface area contributed by atoms with Gasteiger partial charge in [0.15, 0.2) is 8.24 Å². The number of fused-ring (bicyclic) bond motifs is 1. The number of nitrogens with zero attached hydrogens (tertiary/aromatic N) is 2. The normalized spacial score (nSPS) is 13.7. The number of pyridine rings is 1. The molecule has 0 aliphatic heterocycles. The molecule has 0 saturated carbocycles. The largest absolute Gasteiger partial charge is 0.417 e. The molecule has 2 rings (SSSR count). The maximum Gasteiger partial charge on any atom is 0.417 e. The minimum atomic E-state index is -4.37. The van der Waals surface area contributed by atoms with Gasteiger partial charge in [-0.2, -0.15) is 13.2 Å². The van der Waals surface area contributed by atoms with E-state index in [4.69, 9.17) is 0 Å². The van der Waals surface area contributed by atoms with Crippen LogP contribution < -0.4 is 0 Å². The number of hydrogen-bond acceptors (Lipinski definition) is 1. The minimum Gasteiger partial charge on any atom is -0.358 e. The number of alkyl halides is 3. The standard InChI is InChI=1S/C17H24F3IN2Si/c1-10(2)24(11(3)4,12(5)6)23-9-15(21)14-7-13(17(18,19)20)8-22-16(14)23/h7-12H,1-6H3. The Morgan fingerprint density at radius 3 is 1.96 bits per heavy atom. The molecule has 0 atom stereocenters. The molecule has 0 spiro atoms. The van der Waals surface area contributed by atoms with E-state index in [-0.39, 0.29) is 0 Å². The molecule has 0 unspecified atom stereocenters. The summed E-state index contributed by atoms with van der Waals surface area (Å²) < 4.78 is 42.2. The highest BCUT2D eigenvalue weighted by atomic mass is 127. The highest BCUT2D eigenvalue weighted by Crippen LogP contribution is 2.45. The molecule has 24 heavy (non-hydrogen) atoms. The zero-order chi connectivity index (χ0) is 18.4. The predicted molar refractivity (Wildman–Crippen MR) is 104 cm³/mol. The van der Waals surface area contributed by atoms with E-state index < -0.39 is 20.0 Å². The topological polar surface area (TPSA) is 17.8 Å². The average Bonchev–Trinajstić information content (AvgIpc) is 2.74. The highest BCUT2D eigenvalue weighted by molar-refractivity contribution is 14.1. The van der Waals surface area contributed by atoms with Crippen LogP contribution in [0.5, 0.6) is 0 Å². The third-order valence-corrected chi connectivity index (χ3v) is 12.7. The van der Waals surface area contributed by atoms with Crippen molar-refractivity contribution in [3.05, 3.63) is 27.6 Å². The second-order valence-corrected chi connectivity index (χ2v) is 14.2. The van der Waals surface area contributed by atoms with Gasteiger partial charge < -0.3 is 4.23 Å². The Balaban J connectivity index is 2.81. The molecule has 0 saturated heterocycles. The first-order valence-corrected chi connectivity index (χ1v) is 11.4. The smallest absolute Gasteiger partial charge is 0.358 e. The molecule has 0 amide bonds. The summed E-state index contributed by atoms with van der Waals surface area (Å²) in [5.41, 5.74) is 1.36. The Kier molecular flexibility index (Phi) is 5.45. The van der Waals surface area contributed by atoms with Crippen LogP contribution in [0.25, 0.3) is 11.0 Å². The molecule has 7 heteroatoms. The second kappa shape index (κ2) is 6.62. The lowest BCUT2D eigenvalue weighted by molar-refractivity contribution is -0.137. The van der Waals surface area contributed by atoms with Gasteiger partial charge in [-0.1, -0.05) is 41.5 Å². The van der Waals surface area contributed by atoms with Gasteiger partial charge in [-0.3, -0.25) is 0 Å². The number of halogens is 4. The van der Waals surface area contributed by atoms with Gasteiger partial charge in [0.2, 0.25) is 0 Å². The fourth-order valence-electron chi connectivity index (χ4n) is 4.35. The summed E-state index contributed by atoms with van der Waals surface area (Å²) >= 11 is 2.13. The summed E-state index contributed by atoms with van der Waals surface area (Å²) in [6.07, 6.45) is -1.38. The highest BCUT2D eigenvalue weighted by Gasteiger charge is 2.46. The molecular weight excluding hydrogens is 444 g/mol. The summed E-state index contributed by atoms with van der Waals surface area (Å²) in [6, 6.07) is 1.24. The van der Waals surface area contributed by atoms with Crippen molar-refractivity contribution < 1.29 is 13.2 Å². The Labute approximate surface area is 156 Å². The third-order valence-electron chi connectivity index (χ3n) is 5.11. The van der Waals surface area contributed by atoms with Crippen molar-refractivity contribution in [3.63, 3.8) is 0 Å². The Hall–Kier alpha value is -0.573. The lowest BCUT2D eigenvalue weighted by Crippen LogP contribution is -2.51. The fraction of sp³-hybridized carbons (Fsp3) is 0.588. The van der Waals surface area contributed by atoms with Crippen molar-refractivity contribution in [2.75, 3.05) is 0 Å². The summed E-state index contributed by atoms with van der Waals surface area (Å²) in [5, 5.41) is 0.601. The molecule has 0 radical (unpaired) electrons. The first-order valence-electron chi connectivity index (χ1n) is 8.18. The molecule has 0 bridgehead atoms. The summed E-state index contributed by atoms with van der Waals surface area (Å²) in [7, 11) is -2.04. The maximum absolute atomic E-state index is 13.0. The monoisotopic (exact) mass is 468 g/mol. The van der Waals surface area contributed by atoms with Crippen LogP contribution in [0, 0.1) is 3.57 Å². The molecule has 134 valence electrons. The number of rotatable bonds is 4. The van der Waals surface area contributed by atoms with Crippen molar-refractivity contribution >= 4 is 41.9 Å². The van der Waals surface area contributed by atoms with E-state index in [9.17, 15) is 13.2 Å². The Bertz CT molecular complexity index is 713. The molecule has 0 fully saturated rings. The van der Waals surface area contributed by atoms with Crippen molar-refractivity contribution in [1.29, 1.82) is 0 Å². The van der Waals surface area contributed by atoms with Crippen LogP contribution in [-0.2, 0) is 6.18 Å². The molecule has 2 heterocycles. The Morgan fingerprint density at radius 1 is 1.04 bits per heavy atom. The zero-order valence-corrected chi connectivity index (χ0v) is 18.0. The van der Waals surface area contributed by atoms with Crippen molar-refractivity contribution in [2.45, 2.75) is 64.3 Å². The SMILES string of the molecule is CC(C)[Si](C(C)C)(C(C)C)n1cc(I)c2cc(C(F)(F)F)cnc21. The van der Waals surface area contributed by atoms with Gasteiger partial charge in [0.05, 0.1) is 5.56 Å². The molecule has 2 aromatic rings. The van der Waals surface area contributed by atoms with Crippen LogP contribution in [-0.4, -0.2) is 17.5 Å². The van der Waals surface area contributed by atoms with E-state index >= 15 is 0 Å². The van der Waals surface area contributed by atoms with Crippen molar-refractivity contribution in [2.24, 2.45) is 0 Å². The molecule has 2 nitrogen and oxygen atoms in total. The summed E-state index contributed by atoms with van der Waals surface area (Å²) in [6.45, 7) is 13.4. The minimum absolute atomic E-state index is 0.452. The Morgan fingerprint density at radius 2 is 1.54 bits per heavy atom. The van der Waals surface area contributed by atoms with E-state index in [0.29, 0.717) is 27.7 Å². The molecule has 0 N–H and O–H groups in total. The second-order valence-electron chi connectivity index (χ2n) is 7.29. The summed E-state index contributed by atoms with van der Waals surface area (Å²) in [5.74, 6) is 0. The van der Waals surface area contributed by atoms with E-state index in [1.807, 2.05) is 6.20 Å². The van der Waals surface area contributed by atoms with Crippen molar-refractivity contribution in [1.82, 2.24) is 9.22 Å². The molecule has 0 aromatic carbocycles. The van der Waals surface area contributed by atoms with Crippen LogP contribution in [0.3, 0.4) is 0 Å². The lowest BCUT2D eigenvalue weighted by atomic mass is 10.2. The molecule has 0 aliphatic rings. The van der Waals surface area contributed by atoms with Gasteiger partial charge in [0.1, 0.15) is 5.65 Å². The van der Waals surface area contributed by atoms with Gasteiger partial charge in [-0.25, -0.2) is 4.98 Å². The fourth-order valence-corrected chi connectivity index (χ4v) is 11.9. The average molecular weight is 468 g/mol. The first kappa shape index (κ1) is 19.7. The van der Waals surface area contributed by atoms with Crippen LogP contribution in [0.4, 0.5) is 13.2 Å². The predicted octanol–water partition coefficient (Wildman–Crippen LogP) is 6.68. The van der Waals surface area contributed by atoms with E-state index in [1.54, 1.807) is 0 Å². The molecule has 0 aliphatic carbocycles. The van der Waals surface area contributed by atoms with E-state index in [2.05, 4.69) is 73.3 Å². The lowest BCUT2D eigenvalue weighted by Gasteiger charge is -2.44. The quantitative estimate of drug-likeness (QED) is 0.362. The van der Waals surface area contributed by atoms with Crippen LogP contribution in [0.15, 0.2) is 18.5 Å². The number of aromatic nitrogens is 2. The van der Waals surface area contributed by atoms with Gasteiger partial charge in [-0.05, 0) is 45.3 Å². The number of hydrogen-bond donors (Lipinski definition) is 0. The van der Waals surface area contributed by atoms with Crippen molar-refractivity contribution in [3.8, 4) is 0 Å². The van der Waals surface area contributed by atoms with E-state index in [1.165, 1.54) is 6.07 Å². The van der Waals surface area contributed by atoms with Gasteiger partial charge >= 0.3 is 6.18 Å². The van der Waals surface area contributed by atoms with Crippen LogP contribution in [0.2, 0.25) is 16.6 Å². The maximum atomic E-state index is 13.0. The van der Waals surface area contributed by atoms with Gasteiger partial charge in [0.25, 0.3) is 0 Å². The van der Waals surface area contributed by atoms with Gasteiger partial charge in [0, 0.05) is 21.4 Å². The zero-order valence-electron chi connectivity index (χ0n) is 14.9. The van der Waals surface area contributed by atoms with Gasteiger partial charge in [-0.15, -0.1) is 0 Å². The van der Waals surface area contributed by atoms with E-state index in [0.717, 1.165) is 9.77 Å². The third kappa shape index (κ3) is 3.02. The molecule has 2 aromatic heterocycles. The summed E-state index contributed by atoms with van der Waals surface area (Å²) in [4.78, 5) is 4.25. The first-order chi connectivity index (χ1) is 10.9.